The van der Waals surface area contributed by atoms with Crippen molar-refractivity contribution in [3.05, 3.63) is 23.2 Å². The van der Waals surface area contributed by atoms with Crippen molar-refractivity contribution in [3.63, 3.8) is 0 Å². The summed E-state index contributed by atoms with van der Waals surface area (Å²) >= 11 is 6.25. The molecule has 0 aliphatic rings. The monoisotopic (exact) mass is 255 g/mol. The van der Waals surface area contributed by atoms with Crippen LogP contribution >= 0.6 is 11.6 Å². The maximum Gasteiger partial charge on any atom is 0.0659 e. The molecule has 0 fully saturated rings. The Morgan fingerprint density at radius 2 is 1.88 bits per heavy atom. The molecule has 0 atom stereocenters. The summed E-state index contributed by atoms with van der Waals surface area (Å²) in [5.74, 6) is 0. The van der Waals surface area contributed by atoms with Crippen molar-refractivity contribution in [2.24, 2.45) is 0 Å². The van der Waals surface area contributed by atoms with Gasteiger partial charge in [-0.15, -0.1) is 0 Å². The van der Waals surface area contributed by atoms with Gasteiger partial charge in [0.05, 0.1) is 10.7 Å². The number of benzene rings is 1. The summed E-state index contributed by atoms with van der Waals surface area (Å²) in [7, 11) is 8.16. The van der Waals surface area contributed by atoms with Crippen molar-refractivity contribution in [2.45, 2.75) is 6.42 Å². The molecule has 96 valence electrons. The molecule has 4 heteroatoms. The van der Waals surface area contributed by atoms with Crippen molar-refractivity contribution < 1.29 is 0 Å². The molecule has 0 aliphatic heterocycles. The Labute approximate surface area is 109 Å². The van der Waals surface area contributed by atoms with Gasteiger partial charge in [-0.1, -0.05) is 11.6 Å². The third-order valence-electron chi connectivity index (χ3n) is 2.75. The Bertz CT molecular complexity index is 353. The van der Waals surface area contributed by atoms with E-state index in [2.05, 4.69) is 42.3 Å². The summed E-state index contributed by atoms with van der Waals surface area (Å²) in [4.78, 5) is 4.39. The van der Waals surface area contributed by atoms with Gasteiger partial charge in [-0.05, 0) is 45.3 Å². The summed E-state index contributed by atoms with van der Waals surface area (Å²) in [5.41, 5.74) is 2.13. The number of rotatable bonds is 6. The first kappa shape index (κ1) is 14.1. The minimum absolute atomic E-state index is 0.796. The predicted molar refractivity (Wildman–Crippen MR) is 77.4 cm³/mol. The molecule has 0 heterocycles. The van der Waals surface area contributed by atoms with Gasteiger partial charge in [0.1, 0.15) is 0 Å². The Morgan fingerprint density at radius 3 is 2.41 bits per heavy atom. The van der Waals surface area contributed by atoms with Crippen LogP contribution in [-0.4, -0.2) is 46.2 Å². The lowest BCUT2D eigenvalue weighted by Crippen LogP contribution is -2.23. The van der Waals surface area contributed by atoms with Crippen LogP contribution in [0.4, 0.5) is 11.4 Å². The van der Waals surface area contributed by atoms with Crippen LogP contribution in [0.1, 0.15) is 6.42 Å². The molecule has 0 radical (unpaired) electrons. The Morgan fingerprint density at radius 1 is 1.18 bits per heavy atom. The molecule has 0 amide bonds. The lowest BCUT2D eigenvalue weighted by molar-refractivity contribution is 0.401. The summed E-state index contributed by atoms with van der Waals surface area (Å²) in [6, 6.07) is 6.06. The number of nitrogens with one attached hydrogen (secondary N) is 1. The van der Waals surface area contributed by atoms with Gasteiger partial charge in [-0.25, -0.2) is 0 Å². The fourth-order valence-corrected chi connectivity index (χ4v) is 2.04. The van der Waals surface area contributed by atoms with Gasteiger partial charge >= 0.3 is 0 Å². The zero-order valence-corrected chi connectivity index (χ0v) is 11.9. The lowest BCUT2D eigenvalue weighted by Gasteiger charge is -2.22. The second-order valence-corrected chi connectivity index (χ2v) is 4.90. The van der Waals surface area contributed by atoms with Crippen molar-refractivity contribution in [1.29, 1.82) is 0 Å². The highest BCUT2D eigenvalue weighted by Crippen LogP contribution is 2.27. The molecule has 0 spiro atoms. The standard InChI is InChI=1S/C13H22ClN3/c1-15-11-6-7-13(12(14)10-11)17(4)9-5-8-16(2)3/h6-7,10,15H,5,8-9H2,1-4H3. The summed E-state index contributed by atoms with van der Waals surface area (Å²) in [6.45, 7) is 2.10. The van der Waals surface area contributed by atoms with Crippen LogP contribution in [0.5, 0.6) is 0 Å². The molecule has 0 aliphatic carbocycles. The number of halogens is 1. The topological polar surface area (TPSA) is 18.5 Å². The molecule has 3 nitrogen and oxygen atoms in total. The highest BCUT2D eigenvalue weighted by atomic mass is 35.5. The van der Waals surface area contributed by atoms with E-state index in [1.54, 1.807) is 0 Å². The average molecular weight is 256 g/mol. The molecule has 0 unspecified atom stereocenters. The fraction of sp³-hybridized carbons (Fsp3) is 0.538. The molecule has 1 aromatic rings. The van der Waals surface area contributed by atoms with Gasteiger partial charge in [0.15, 0.2) is 0 Å². The van der Waals surface area contributed by atoms with Crippen molar-refractivity contribution in [1.82, 2.24) is 4.90 Å². The first-order valence-electron chi connectivity index (χ1n) is 5.87. The highest BCUT2D eigenvalue weighted by molar-refractivity contribution is 6.33. The minimum Gasteiger partial charge on any atom is -0.388 e. The van der Waals surface area contributed by atoms with E-state index in [0.717, 1.165) is 35.9 Å². The first-order chi connectivity index (χ1) is 8.04. The maximum atomic E-state index is 6.25. The number of hydrogen-bond acceptors (Lipinski definition) is 3. The van der Waals surface area contributed by atoms with E-state index in [1.807, 2.05) is 19.2 Å². The van der Waals surface area contributed by atoms with Crippen LogP contribution in [0, 0.1) is 0 Å². The van der Waals surface area contributed by atoms with Gasteiger partial charge in [-0.2, -0.15) is 0 Å². The van der Waals surface area contributed by atoms with Crippen molar-refractivity contribution in [2.75, 3.05) is 51.5 Å². The first-order valence-corrected chi connectivity index (χ1v) is 6.25. The largest absolute Gasteiger partial charge is 0.388 e. The molecule has 17 heavy (non-hydrogen) atoms. The van der Waals surface area contributed by atoms with Gasteiger partial charge < -0.3 is 15.1 Å². The van der Waals surface area contributed by atoms with Gasteiger partial charge in [0.25, 0.3) is 0 Å². The molecule has 0 aromatic heterocycles. The average Bonchev–Trinajstić information content (AvgIpc) is 2.28. The SMILES string of the molecule is CNc1ccc(N(C)CCCN(C)C)c(Cl)c1. The van der Waals surface area contributed by atoms with Crippen LogP contribution < -0.4 is 10.2 Å². The normalized spacial score (nSPS) is 10.7. The molecule has 0 bridgehead atoms. The Balaban J connectivity index is 2.59. The van der Waals surface area contributed by atoms with Gasteiger partial charge in [0.2, 0.25) is 0 Å². The van der Waals surface area contributed by atoms with Crippen LogP contribution in [-0.2, 0) is 0 Å². The zero-order chi connectivity index (χ0) is 12.8. The molecule has 0 saturated heterocycles. The van der Waals surface area contributed by atoms with E-state index in [4.69, 9.17) is 11.6 Å². The summed E-state index contributed by atoms with van der Waals surface area (Å²) in [6.07, 6.45) is 1.13. The Kier molecular flexibility index (Phi) is 5.59. The number of hydrogen-bond donors (Lipinski definition) is 1. The molecule has 1 aromatic carbocycles. The van der Waals surface area contributed by atoms with Gasteiger partial charge in [-0.3, -0.25) is 0 Å². The second kappa shape index (κ2) is 6.72. The Hall–Kier alpha value is -0.930. The van der Waals surface area contributed by atoms with E-state index in [1.165, 1.54) is 0 Å². The van der Waals surface area contributed by atoms with Crippen LogP contribution in [0.3, 0.4) is 0 Å². The summed E-state index contributed by atoms with van der Waals surface area (Å²) < 4.78 is 0. The highest BCUT2D eigenvalue weighted by Gasteiger charge is 2.06. The molecule has 1 N–H and O–H groups in total. The van der Waals surface area contributed by atoms with E-state index < -0.39 is 0 Å². The summed E-state index contributed by atoms with van der Waals surface area (Å²) in [5, 5.41) is 3.88. The lowest BCUT2D eigenvalue weighted by atomic mass is 10.2. The maximum absolute atomic E-state index is 6.25. The van der Waals surface area contributed by atoms with Gasteiger partial charge in [0, 0.05) is 26.3 Å². The smallest absolute Gasteiger partial charge is 0.0659 e. The number of anilines is 2. The quantitative estimate of drug-likeness (QED) is 0.843. The van der Waals surface area contributed by atoms with Crippen LogP contribution in [0.2, 0.25) is 5.02 Å². The molecular formula is C13H22ClN3. The zero-order valence-electron chi connectivity index (χ0n) is 11.1. The predicted octanol–water partition coefficient (Wildman–Crippen LogP) is 2.77. The third kappa shape index (κ3) is 4.44. The molecule has 0 saturated carbocycles. The van der Waals surface area contributed by atoms with E-state index in [-0.39, 0.29) is 0 Å². The van der Waals surface area contributed by atoms with Crippen molar-refractivity contribution in [3.8, 4) is 0 Å². The second-order valence-electron chi connectivity index (χ2n) is 4.49. The molecule has 1 rings (SSSR count). The number of nitrogens with zero attached hydrogens (tertiary/aromatic N) is 2. The van der Waals surface area contributed by atoms with Crippen molar-refractivity contribution >= 4 is 23.0 Å². The third-order valence-corrected chi connectivity index (χ3v) is 3.05. The van der Waals surface area contributed by atoms with E-state index in [9.17, 15) is 0 Å². The van der Waals surface area contributed by atoms with E-state index >= 15 is 0 Å². The van der Waals surface area contributed by atoms with E-state index in [0.29, 0.717) is 0 Å². The fourth-order valence-electron chi connectivity index (χ4n) is 1.72. The molecular weight excluding hydrogens is 234 g/mol. The van der Waals surface area contributed by atoms with Crippen LogP contribution in [0.25, 0.3) is 0 Å². The van der Waals surface area contributed by atoms with Crippen LogP contribution in [0.15, 0.2) is 18.2 Å². The minimum atomic E-state index is 0.796.